The topological polar surface area (TPSA) is 18.5 Å². The molecule has 162 valence electrons. The summed E-state index contributed by atoms with van der Waals surface area (Å²) in [6.45, 7) is 2.47. The maximum absolute atomic E-state index is 6.88. The Kier molecular flexibility index (Phi) is 5.16. The summed E-state index contributed by atoms with van der Waals surface area (Å²) < 4.78 is 13.7. The molecule has 0 amide bonds. The van der Waals surface area contributed by atoms with Crippen molar-refractivity contribution in [2.45, 2.75) is 79.8 Å². The van der Waals surface area contributed by atoms with Gasteiger partial charge in [0.15, 0.2) is 0 Å². The molecule has 1 saturated carbocycles. The average molecular weight is 536 g/mol. The van der Waals surface area contributed by atoms with E-state index in [1.54, 1.807) is 0 Å². The van der Waals surface area contributed by atoms with Crippen LogP contribution in [0.1, 0.15) is 51.9 Å². The first-order valence-corrected chi connectivity index (χ1v) is 13.8. The molecule has 0 bridgehead atoms. The van der Waals surface area contributed by atoms with Gasteiger partial charge in [-0.05, 0) is 55.6 Å². The van der Waals surface area contributed by atoms with E-state index < -0.39 is 0 Å². The predicted molar refractivity (Wildman–Crippen MR) is 128 cm³/mol. The number of allylic oxidation sites excluding steroid dienone is 5. The highest BCUT2D eigenvalue weighted by Crippen LogP contribution is 2.67. The van der Waals surface area contributed by atoms with E-state index in [0.29, 0.717) is 39.4 Å². The molecule has 2 saturated heterocycles. The van der Waals surface area contributed by atoms with E-state index in [2.05, 4.69) is 75.2 Å². The molecule has 1 spiro atoms. The van der Waals surface area contributed by atoms with E-state index >= 15 is 0 Å². The van der Waals surface area contributed by atoms with Crippen LogP contribution >= 0.6 is 31.9 Å². The Bertz CT molecular complexity index is 829. The first-order valence-electron chi connectivity index (χ1n) is 12.0. The van der Waals surface area contributed by atoms with Gasteiger partial charge in [0, 0.05) is 22.1 Å². The van der Waals surface area contributed by atoms with Gasteiger partial charge < -0.3 is 9.47 Å². The van der Waals surface area contributed by atoms with Crippen LogP contribution in [0.3, 0.4) is 0 Å². The molecule has 3 fully saturated rings. The minimum Gasteiger partial charge on any atom is -0.489 e. The molecule has 0 N–H and O–H groups in total. The minimum atomic E-state index is 0.0995. The van der Waals surface area contributed by atoms with Crippen molar-refractivity contribution in [1.29, 1.82) is 0 Å². The molecule has 2 heterocycles. The maximum atomic E-state index is 6.88. The lowest BCUT2D eigenvalue weighted by Crippen LogP contribution is -2.66. The lowest BCUT2D eigenvalue weighted by Gasteiger charge is -2.66. The third kappa shape index (κ3) is 2.81. The smallest absolute Gasteiger partial charge is 0.119 e. The van der Waals surface area contributed by atoms with Gasteiger partial charge in [-0.25, -0.2) is 0 Å². The van der Waals surface area contributed by atoms with Gasteiger partial charge in [-0.15, -0.1) is 0 Å². The summed E-state index contributed by atoms with van der Waals surface area (Å²) in [5.74, 6) is 3.29. The molecule has 10 atom stereocenters. The van der Waals surface area contributed by atoms with Gasteiger partial charge in [-0.1, -0.05) is 82.0 Å². The van der Waals surface area contributed by atoms with Gasteiger partial charge in [0.1, 0.15) is 11.9 Å². The average Bonchev–Trinajstić information content (AvgIpc) is 2.75. The van der Waals surface area contributed by atoms with Crippen molar-refractivity contribution in [3.05, 3.63) is 47.8 Å². The minimum absolute atomic E-state index is 0.0995. The molecule has 0 radical (unpaired) electrons. The molecule has 30 heavy (non-hydrogen) atoms. The number of halogens is 2. The van der Waals surface area contributed by atoms with Gasteiger partial charge in [-0.2, -0.15) is 0 Å². The van der Waals surface area contributed by atoms with Gasteiger partial charge in [-0.3, -0.25) is 0 Å². The van der Waals surface area contributed by atoms with Crippen molar-refractivity contribution in [3.8, 4) is 0 Å². The number of fused-ring (bicyclic) bond motifs is 8. The van der Waals surface area contributed by atoms with E-state index in [9.17, 15) is 0 Å². The third-order valence-electron chi connectivity index (χ3n) is 8.84. The second-order valence-corrected chi connectivity index (χ2v) is 12.7. The van der Waals surface area contributed by atoms with Crippen LogP contribution in [-0.2, 0) is 9.47 Å². The van der Waals surface area contributed by atoms with Crippen molar-refractivity contribution < 1.29 is 9.47 Å². The fourth-order valence-corrected chi connectivity index (χ4v) is 8.96. The van der Waals surface area contributed by atoms with Crippen LogP contribution in [0, 0.1) is 29.1 Å². The highest BCUT2D eigenvalue weighted by molar-refractivity contribution is 9.09. The zero-order valence-electron chi connectivity index (χ0n) is 17.7. The number of hydrogen-bond acceptors (Lipinski definition) is 2. The predicted octanol–water partition coefficient (Wildman–Crippen LogP) is 6.86. The summed E-state index contributed by atoms with van der Waals surface area (Å²) in [7, 11) is 0. The molecular formula is C26H32Br2O2. The van der Waals surface area contributed by atoms with Crippen molar-refractivity contribution >= 4 is 31.9 Å². The van der Waals surface area contributed by atoms with Crippen LogP contribution in [0.4, 0.5) is 0 Å². The fraction of sp³-hybridized carbons (Fsp3) is 0.692. The Labute approximate surface area is 197 Å². The number of rotatable bonds is 0. The summed E-state index contributed by atoms with van der Waals surface area (Å²) in [5, 5.41) is 0. The highest BCUT2D eigenvalue weighted by atomic mass is 79.9. The third-order valence-corrected chi connectivity index (χ3v) is 10.4. The second kappa shape index (κ2) is 7.63. The van der Waals surface area contributed by atoms with E-state index in [1.807, 2.05) is 0 Å². The van der Waals surface area contributed by atoms with Gasteiger partial charge >= 0.3 is 0 Å². The molecule has 0 aromatic carbocycles. The van der Waals surface area contributed by atoms with E-state index in [4.69, 9.17) is 9.47 Å². The zero-order valence-corrected chi connectivity index (χ0v) is 20.9. The first kappa shape index (κ1) is 20.3. The van der Waals surface area contributed by atoms with Crippen LogP contribution < -0.4 is 0 Å². The van der Waals surface area contributed by atoms with Crippen LogP contribution in [-0.4, -0.2) is 28.0 Å². The maximum Gasteiger partial charge on any atom is 0.119 e. The van der Waals surface area contributed by atoms with Crippen molar-refractivity contribution in [1.82, 2.24) is 0 Å². The Morgan fingerprint density at radius 3 is 2.77 bits per heavy atom. The highest BCUT2D eigenvalue weighted by Gasteiger charge is 2.66. The molecular weight excluding hydrogens is 504 g/mol. The van der Waals surface area contributed by atoms with Crippen molar-refractivity contribution in [3.63, 3.8) is 0 Å². The first-order chi connectivity index (χ1) is 14.6. The molecule has 4 aliphatic carbocycles. The Balaban J connectivity index is 1.62. The molecule has 2 nitrogen and oxygen atoms in total. The molecule has 6 aliphatic rings. The van der Waals surface area contributed by atoms with Gasteiger partial charge in [0.2, 0.25) is 0 Å². The summed E-state index contributed by atoms with van der Waals surface area (Å²) in [6.07, 6.45) is 23.8. The van der Waals surface area contributed by atoms with Crippen LogP contribution in [0.25, 0.3) is 0 Å². The standard InChI is InChI=1S/C26H32Br2O2/c1-15-6-4-11-23-24(15)26(17-7-2-3-10-21(17)29-23)18-8-5-9-20(28)25(18)30-22-13-12-16(27)14-19(22)26/h4-5,8,11,13-18,20-21,23-25H,2-3,6-7,9-10,12H2,1H3. The number of hydrogen-bond donors (Lipinski definition) is 0. The largest absolute Gasteiger partial charge is 0.489 e. The summed E-state index contributed by atoms with van der Waals surface area (Å²) >= 11 is 7.96. The lowest BCUT2D eigenvalue weighted by atomic mass is 9.44. The molecule has 0 aromatic heterocycles. The Morgan fingerprint density at radius 2 is 1.87 bits per heavy atom. The van der Waals surface area contributed by atoms with Crippen molar-refractivity contribution in [2.24, 2.45) is 29.1 Å². The Hall–Kier alpha value is -0.320. The quantitative estimate of drug-likeness (QED) is 0.249. The molecule has 6 rings (SSSR count). The molecule has 10 unspecified atom stereocenters. The van der Waals surface area contributed by atoms with Crippen LogP contribution in [0.5, 0.6) is 0 Å². The number of alkyl halides is 2. The van der Waals surface area contributed by atoms with E-state index in [-0.39, 0.29) is 17.6 Å². The normalized spacial score (nSPS) is 51.6. The molecule has 2 aliphatic heterocycles. The number of ether oxygens (including phenoxy) is 2. The van der Waals surface area contributed by atoms with E-state index in [1.165, 1.54) is 37.0 Å². The van der Waals surface area contributed by atoms with Crippen LogP contribution in [0.15, 0.2) is 47.8 Å². The SMILES string of the molecule is CC1CC=CC2OC3CCCCC3C3(C4=CC(Br)CC=C4OC4C(Br)CC=CC43)C12. The van der Waals surface area contributed by atoms with Crippen LogP contribution in [0.2, 0.25) is 0 Å². The monoisotopic (exact) mass is 534 g/mol. The fourth-order valence-electron chi connectivity index (χ4n) is 7.85. The molecule has 4 heteroatoms. The van der Waals surface area contributed by atoms with E-state index in [0.717, 1.165) is 19.3 Å². The lowest BCUT2D eigenvalue weighted by molar-refractivity contribution is -0.219. The summed E-state index contributed by atoms with van der Waals surface area (Å²) in [6, 6.07) is 0. The van der Waals surface area contributed by atoms with Gasteiger partial charge in [0.05, 0.1) is 17.0 Å². The summed E-state index contributed by atoms with van der Waals surface area (Å²) in [5.41, 5.74) is 1.60. The van der Waals surface area contributed by atoms with Gasteiger partial charge in [0.25, 0.3) is 0 Å². The molecule has 0 aromatic rings. The zero-order chi connectivity index (χ0) is 20.5. The second-order valence-electron chi connectivity index (χ2n) is 10.3. The van der Waals surface area contributed by atoms with Crippen molar-refractivity contribution in [2.75, 3.05) is 0 Å². The summed E-state index contributed by atoms with van der Waals surface area (Å²) in [4.78, 5) is 0.782. The Morgan fingerprint density at radius 1 is 1.03 bits per heavy atom.